The fourth-order valence-electron chi connectivity index (χ4n) is 4.22. The van der Waals surface area contributed by atoms with E-state index in [0.717, 1.165) is 11.3 Å². The van der Waals surface area contributed by atoms with Crippen molar-refractivity contribution in [2.75, 3.05) is 11.9 Å². The summed E-state index contributed by atoms with van der Waals surface area (Å²) in [5.41, 5.74) is 1.55. The van der Waals surface area contributed by atoms with Crippen LogP contribution in [0.1, 0.15) is 44.7 Å². The molecular formula is C23H18N2O5S2. The Balaban J connectivity index is 1.41. The minimum absolute atomic E-state index is 0.203. The van der Waals surface area contributed by atoms with E-state index in [4.69, 9.17) is 0 Å². The summed E-state index contributed by atoms with van der Waals surface area (Å²) in [7, 11) is -3.75. The highest BCUT2D eigenvalue weighted by Crippen LogP contribution is 2.31. The van der Waals surface area contributed by atoms with Crippen molar-refractivity contribution in [3.05, 3.63) is 82.2 Å². The third-order valence-electron chi connectivity index (χ3n) is 5.76. The predicted octanol–water partition coefficient (Wildman–Crippen LogP) is 3.32. The van der Waals surface area contributed by atoms with Crippen molar-refractivity contribution < 1.29 is 22.8 Å². The normalized spacial score (nSPS) is 18.3. The molecule has 0 bridgehead atoms. The van der Waals surface area contributed by atoms with Crippen molar-refractivity contribution in [2.24, 2.45) is 0 Å². The lowest BCUT2D eigenvalue weighted by molar-refractivity contribution is -0.119. The molecule has 0 spiro atoms. The van der Waals surface area contributed by atoms with Crippen LogP contribution in [0.25, 0.3) is 0 Å². The molecule has 1 aromatic heterocycles. The lowest BCUT2D eigenvalue weighted by Crippen LogP contribution is -2.42. The fourth-order valence-corrected chi connectivity index (χ4v) is 6.99. The summed E-state index contributed by atoms with van der Waals surface area (Å²) in [5.74, 6) is -0.983. The second-order valence-electron chi connectivity index (χ2n) is 7.66. The summed E-state index contributed by atoms with van der Waals surface area (Å²) in [4.78, 5) is 38.6. The van der Waals surface area contributed by atoms with Crippen molar-refractivity contribution in [2.45, 2.75) is 23.1 Å². The average Bonchev–Trinajstić information content (AvgIpc) is 3.50. The van der Waals surface area contributed by atoms with Crippen LogP contribution >= 0.6 is 11.3 Å². The van der Waals surface area contributed by atoms with Crippen LogP contribution in [0.5, 0.6) is 0 Å². The summed E-state index contributed by atoms with van der Waals surface area (Å²) in [6.45, 7) is 0.270. The molecular weight excluding hydrogens is 448 g/mol. The topological polar surface area (TPSA) is 101 Å². The monoisotopic (exact) mass is 466 g/mol. The Kier molecular flexibility index (Phi) is 5.04. The Morgan fingerprint density at radius 3 is 2.31 bits per heavy atom. The zero-order valence-corrected chi connectivity index (χ0v) is 18.4. The van der Waals surface area contributed by atoms with E-state index in [9.17, 15) is 22.8 Å². The van der Waals surface area contributed by atoms with Crippen LogP contribution < -0.4 is 5.32 Å². The van der Waals surface area contributed by atoms with Gasteiger partial charge >= 0.3 is 0 Å². The van der Waals surface area contributed by atoms with Crippen LogP contribution in [0.15, 0.2) is 64.2 Å². The minimum atomic E-state index is -3.75. The number of amides is 1. The van der Waals surface area contributed by atoms with E-state index >= 15 is 0 Å². The third kappa shape index (κ3) is 3.29. The molecule has 32 heavy (non-hydrogen) atoms. The number of nitrogens with zero attached hydrogens (tertiary/aromatic N) is 1. The molecule has 7 nitrogen and oxygen atoms in total. The van der Waals surface area contributed by atoms with Gasteiger partial charge in [0, 0.05) is 34.5 Å². The van der Waals surface area contributed by atoms with Gasteiger partial charge in [-0.15, -0.1) is 11.3 Å². The van der Waals surface area contributed by atoms with E-state index in [0.29, 0.717) is 29.7 Å². The smallest absolute Gasteiger partial charge is 0.253 e. The highest BCUT2D eigenvalue weighted by molar-refractivity contribution is 7.91. The number of thiophene rings is 1. The van der Waals surface area contributed by atoms with Crippen LogP contribution in [0, 0.1) is 0 Å². The van der Waals surface area contributed by atoms with Gasteiger partial charge < -0.3 is 5.32 Å². The van der Waals surface area contributed by atoms with Crippen LogP contribution in [-0.4, -0.2) is 42.8 Å². The Morgan fingerprint density at radius 2 is 1.62 bits per heavy atom. The lowest BCUT2D eigenvalue weighted by atomic mass is 9.84. The number of sulfonamides is 1. The number of carbonyl (C=O) groups is 3. The van der Waals surface area contributed by atoms with Crippen molar-refractivity contribution in [1.82, 2.24) is 4.31 Å². The molecule has 9 heteroatoms. The molecule has 1 fully saturated rings. The van der Waals surface area contributed by atoms with Gasteiger partial charge in [-0.25, -0.2) is 8.42 Å². The van der Waals surface area contributed by atoms with Crippen molar-refractivity contribution in [1.29, 1.82) is 0 Å². The number of nitrogens with one attached hydrogen (secondary N) is 1. The molecule has 162 valence electrons. The number of benzene rings is 2. The quantitative estimate of drug-likeness (QED) is 0.497. The summed E-state index contributed by atoms with van der Waals surface area (Å²) in [6.07, 6.45) is 0.989. The van der Waals surface area contributed by atoms with Gasteiger partial charge in [-0.05, 0) is 42.5 Å². The summed E-state index contributed by atoms with van der Waals surface area (Å²) in [5, 5.41) is 4.42. The number of anilines is 1. The maximum absolute atomic E-state index is 13.0. The van der Waals surface area contributed by atoms with Crippen LogP contribution in [-0.2, 0) is 14.8 Å². The van der Waals surface area contributed by atoms with Gasteiger partial charge in [0.2, 0.25) is 5.91 Å². The Morgan fingerprint density at radius 1 is 0.938 bits per heavy atom. The molecule has 1 aliphatic carbocycles. The number of carbonyl (C=O) groups excluding carboxylic acids is 3. The lowest BCUT2D eigenvalue weighted by Gasteiger charge is -2.23. The summed E-state index contributed by atoms with van der Waals surface area (Å²) < 4.78 is 27.3. The number of hydrogen-bond donors (Lipinski definition) is 1. The number of rotatable bonds is 4. The molecule has 2 aromatic carbocycles. The first kappa shape index (κ1) is 20.7. The molecule has 0 saturated carbocycles. The van der Waals surface area contributed by atoms with Gasteiger partial charge in [-0.2, -0.15) is 4.31 Å². The molecule has 1 N–H and O–H groups in total. The van der Waals surface area contributed by atoms with Crippen LogP contribution in [0.4, 0.5) is 5.69 Å². The Labute approximate surface area is 188 Å². The van der Waals surface area contributed by atoms with Gasteiger partial charge in [-0.1, -0.05) is 30.3 Å². The third-order valence-corrected chi connectivity index (χ3v) is 9.04. The summed E-state index contributed by atoms with van der Waals surface area (Å²) in [6, 6.07) is 13.5. The van der Waals surface area contributed by atoms with E-state index < -0.39 is 22.0 Å². The first-order valence-corrected chi connectivity index (χ1v) is 12.4. The average molecular weight is 467 g/mol. The van der Waals surface area contributed by atoms with Crippen LogP contribution in [0.2, 0.25) is 0 Å². The van der Waals surface area contributed by atoms with E-state index in [1.807, 2.05) is 0 Å². The molecule has 1 unspecified atom stereocenters. The van der Waals surface area contributed by atoms with Crippen molar-refractivity contribution >= 4 is 44.5 Å². The van der Waals surface area contributed by atoms with Gasteiger partial charge in [0.15, 0.2) is 11.6 Å². The Hall–Kier alpha value is -3.14. The maximum atomic E-state index is 13.0. The standard InChI is InChI=1S/C23H18N2O5S2/c26-21-15-5-1-2-6-16(15)22(27)18-13-14(9-10-17(18)21)24-23(28)19-7-3-11-25(19)32(29,30)20-8-4-12-31-20/h1-2,4-6,8-10,12-13,19H,3,7,11H2,(H,24,28). The first-order chi connectivity index (χ1) is 15.4. The first-order valence-electron chi connectivity index (χ1n) is 10.1. The molecule has 5 rings (SSSR count). The number of hydrogen-bond acceptors (Lipinski definition) is 6. The van der Waals surface area contributed by atoms with E-state index in [-0.39, 0.29) is 33.4 Å². The van der Waals surface area contributed by atoms with E-state index in [2.05, 4.69) is 5.32 Å². The fraction of sp³-hybridized carbons (Fsp3) is 0.174. The number of ketones is 2. The maximum Gasteiger partial charge on any atom is 0.253 e. The van der Waals surface area contributed by atoms with Crippen LogP contribution in [0.3, 0.4) is 0 Å². The van der Waals surface area contributed by atoms with Gasteiger partial charge in [0.1, 0.15) is 10.3 Å². The highest BCUT2D eigenvalue weighted by atomic mass is 32.2. The van der Waals surface area contributed by atoms with Crippen molar-refractivity contribution in [3.8, 4) is 0 Å². The zero-order chi connectivity index (χ0) is 22.5. The molecule has 1 saturated heterocycles. The molecule has 1 atom stereocenters. The number of fused-ring (bicyclic) bond motifs is 2. The van der Waals surface area contributed by atoms with Gasteiger partial charge in [0.25, 0.3) is 10.0 Å². The SMILES string of the molecule is O=C1c2ccccc2C(=O)c2cc(NC(=O)C3CCCN3S(=O)(=O)c3cccs3)ccc21. The molecule has 1 amide bonds. The molecule has 1 aliphatic heterocycles. The highest BCUT2D eigenvalue weighted by Gasteiger charge is 2.40. The molecule has 3 aromatic rings. The molecule has 2 heterocycles. The molecule has 0 radical (unpaired) electrons. The molecule has 2 aliphatic rings. The van der Waals surface area contributed by atoms with Crippen molar-refractivity contribution in [3.63, 3.8) is 0 Å². The van der Waals surface area contributed by atoms with E-state index in [1.165, 1.54) is 22.5 Å². The largest absolute Gasteiger partial charge is 0.325 e. The van der Waals surface area contributed by atoms with Gasteiger partial charge in [0.05, 0.1) is 0 Å². The second kappa shape index (κ2) is 7.77. The second-order valence-corrected chi connectivity index (χ2v) is 10.7. The minimum Gasteiger partial charge on any atom is -0.325 e. The van der Waals surface area contributed by atoms with E-state index in [1.54, 1.807) is 41.8 Å². The zero-order valence-electron chi connectivity index (χ0n) is 16.8. The predicted molar refractivity (Wildman–Crippen MR) is 120 cm³/mol. The van der Waals surface area contributed by atoms with Gasteiger partial charge in [-0.3, -0.25) is 14.4 Å². The Bertz CT molecular complexity index is 1360. The summed E-state index contributed by atoms with van der Waals surface area (Å²) >= 11 is 1.11.